The van der Waals surface area contributed by atoms with Crippen molar-refractivity contribution in [3.8, 4) is 0 Å². The average Bonchev–Trinajstić information content (AvgIpc) is 2.85. The predicted molar refractivity (Wildman–Crippen MR) is 73.0 cm³/mol. The van der Waals surface area contributed by atoms with Gasteiger partial charge in [0.15, 0.2) is 5.78 Å². The van der Waals surface area contributed by atoms with Crippen LogP contribution < -0.4 is 11.1 Å². The van der Waals surface area contributed by atoms with Gasteiger partial charge in [0.05, 0.1) is 23.1 Å². The average molecular weight is 274 g/mol. The predicted octanol–water partition coefficient (Wildman–Crippen LogP) is 0.824. The molecule has 2 heterocycles. The molecule has 20 heavy (non-hydrogen) atoms. The summed E-state index contributed by atoms with van der Waals surface area (Å²) in [5.74, 6) is -0.147. The maximum absolute atomic E-state index is 12.4. The van der Waals surface area contributed by atoms with Gasteiger partial charge in [-0.15, -0.1) is 0 Å². The molecule has 2 N–H and O–H groups in total. The van der Waals surface area contributed by atoms with Gasteiger partial charge in [0.2, 0.25) is 0 Å². The molecule has 0 spiro atoms. The van der Waals surface area contributed by atoms with Crippen LogP contribution in [0.2, 0.25) is 0 Å². The van der Waals surface area contributed by atoms with E-state index in [1.807, 2.05) is 6.92 Å². The van der Waals surface area contributed by atoms with E-state index in [0.29, 0.717) is 29.6 Å². The van der Waals surface area contributed by atoms with Gasteiger partial charge in [-0.05, 0) is 31.5 Å². The second-order valence-corrected chi connectivity index (χ2v) is 5.00. The van der Waals surface area contributed by atoms with E-state index >= 15 is 0 Å². The van der Waals surface area contributed by atoms with Gasteiger partial charge >= 0.3 is 11.1 Å². The van der Waals surface area contributed by atoms with Gasteiger partial charge in [-0.3, -0.25) is 14.4 Å². The van der Waals surface area contributed by atoms with Crippen molar-refractivity contribution in [3.63, 3.8) is 0 Å². The third kappa shape index (κ3) is 2.08. The van der Waals surface area contributed by atoms with E-state index in [2.05, 4.69) is 9.97 Å². The molecule has 1 aliphatic rings. The van der Waals surface area contributed by atoms with Crippen molar-refractivity contribution in [2.24, 2.45) is 5.92 Å². The number of benzene rings is 1. The molecule has 0 bridgehead atoms. The molecule has 1 aromatic heterocycles. The van der Waals surface area contributed by atoms with Gasteiger partial charge < -0.3 is 14.7 Å². The lowest BCUT2D eigenvalue weighted by Gasteiger charge is -2.12. The minimum absolute atomic E-state index is 0.00366. The summed E-state index contributed by atoms with van der Waals surface area (Å²) in [6.07, 6.45) is 0.619. The molecule has 0 aliphatic carbocycles. The number of hydrogen-bond acceptors (Lipinski definition) is 4. The highest BCUT2D eigenvalue weighted by molar-refractivity contribution is 6.00. The fraction of sp³-hybridized carbons (Fsp3) is 0.357. The van der Waals surface area contributed by atoms with Crippen LogP contribution in [-0.2, 0) is 4.74 Å². The van der Waals surface area contributed by atoms with Crippen LogP contribution in [-0.4, -0.2) is 28.5 Å². The number of fused-ring (bicyclic) bond motifs is 1. The van der Waals surface area contributed by atoms with E-state index in [0.717, 1.165) is 0 Å². The Balaban J connectivity index is 2.04. The minimum atomic E-state index is -0.723. The first-order valence-electron chi connectivity index (χ1n) is 6.48. The Morgan fingerprint density at radius 1 is 1.20 bits per heavy atom. The molecule has 2 atom stereocenters. The Morgan fingerprint density at radius 2 is 1.90 bits per heavy atom. The van der Waals surface area contributed by atoms with Crippen molar-refractivity contribution in [1.82, 2.24) is 9.97 Å². The Bertz CT molecular complexity index is 790. The molecule has 1 fully saturated rings. The van der Waals surface area contributed by atoms with Crippen LogP contribution in [0.3, 0.4) is 0 Å². The van der Waals surface area contributed by atoms with Gasteiger partial charge in [-0.2, -0.15) is 0 Å². The fourth-order valence-corrected chi connectivity index (χ4v) is 2.56. The summed E-state index contributed by atoms with van der Waals surface area (Å²) in [7, 11) is 0. The van der Waals surface area contributed by atoms with E-state index in [1.165, 1.54) is 0 Å². The van der Waals surface area contributed by atoms with Crippen molar-refractivity contribution < 1.29 is 9.53 Å². The number of carbonyl (C=O) groups excluding carboxylic acids is 1. The zero-order valence-corrected chi connectivity index (χ0v) is 10.9. The molecule has 1 aliphatic heterocycles. The first-order chi connectivity index (χ1) is 9.56. The summed E-state index contributed by atoms with van der Waals surface area (Å²) in [5.41, 5.74) is 0.0468. The molecule has 6 heteroatoms. The third-order valence-electron chi connectivity index (χ3n) is 3.72. The quantitative estimate of drug-likeness (QED) is 0.626. The Kier molecular flexibility index (Phi) is 3.02. The van der Waals surface area contributed by atoms with Crippen LogP contribution in [0.1, 0.15) is 23.7 Å². The zero-order valence-electron chi connectivity index (χ0n) is 10.9. The molecule has 2 aromatic rings. The number of H-pyrrole nitrogens is 2. The molecular formula is C14H14N2O4. The minimum Gasteiger partial charge on any atom is -0.378 e. The second kappa shape index (κ2) is 4.72. The van der Waals surface area contributed by atoms with Crippen molar-refractivity contribution in [2.45, 2.75) is 19.4 Å². The van der Waals surface area contributed by atoms with Crippen molar-refractivity contribution in [2.75, 3.05) is 6.61 Å². The third-order valence-corrected chi connectivity index (χ3v) is 3.72. The number of aromatic amines is 2. The van der Waals surface area contributed by atoms with E-state index in [1.54, 1.807) is 18.2 Å². The Labute approximate surface area is 113 Å². The molecule has 1 saturated heterocycles. The SMILES string of the molecule is CC1OCCC1C(=O)c1ccc2[nH]c(=O)c(=O)[nH]c2c1. The van der Waals surface area contributed by atoms with Gasteiger partial charge in [0.1, 0.15) is 0 Å². The van der Waals surface area contributed by atoms with Crippen molar-refractivity contribution >= 4 is 16.8 Å². The summed E-state index contributed by atoms with van der Waals surface area (Å²) in [5, 5.41) is 0. The monoisotopic (exact) mass is 274 g/mol. The molecule has 0 radical (unpaired) electrons. The van der Waals surface area contributed by atoms with E-state index < -0.39 is 11.1 Å². The first kappa shape index (κ1) is 12.8. The summed E-state index contributed by atoms with van der Waals surface area (Å²) in [4.78, 5) is 39.9. The van der Waals surface area contributed by atoms with E-state index in [4.69, 9.17) is 4.74 Å². The largest absolute Gasteiger partial charge is 0.378 e. The number of rotatable bonds is 2. The summed E-state index contributed by atoms with van der Waals surface area (Å²) >= 11 is 0. The van der Waals surface area contributed by atoms with Gasteiger partial charge in [0, 0.05) is 12.2 Å². The summed E-state index contributed by atoms with van der Waals surface area (Å²) in [6, 6.07) is 4.88. The number of carbonyl (C=O) groups is 1. The number of aromatic nitrogens is 2. The van der Waals surface area contributed by atoms with Gasteiger partial charge in [0.25, 0.3) is 0 Å². The summed E-state index contributed by atoms with van der Waals surface area (Å²) in [6.45, 7) is 2.48. The molecular weight excluding hydrogens is 260 g/mol. The number of nitrogens with one attached hydrogen (secondary N) is 2. The zero-order chi connectivity index (χ0) is 14.3. The number of Topliss-reactive ketones (excluding diaryl/α,β-unsaturated/α-hetero) is 1. The first-order valence-corrected chi connectivity index (χ1v) is 6.48. The van der Waals surface area contributed by atoms with Crippen LogP contribution >= 0.6 is 0 Å². The van der Waals surface area contributed by atoms with Crippen molar-refractivity contribution in [1.29, 1.82) is 0 Å². The van der Waals surface area contributed by atoms with Crippen LogP contribution in [0.4, 0.5) is 0 Å². The number of ether oxygens (including phenoxy) is 1. The highest BCUT2D eigenvalue weighted by atomic mass is 16.5. The van der Waals surface area contributed by atoms with Crippen LogP contribution in [0.25, 0.3) is 11.0 Å². The lowest BCUT2D eigenvalue weighted by atomic mass is 9.92. The van der Waals surface area contributed by atoms with Gasteiger partial charge in [-0.25, -0.2) is 0 Å². The molecule has 2 unspecified atom stereocenters. The fourth-order valence-electron chi connectivity index (χ4n) is 2.56. The lowest BCUT2D eigenvalue weighted by molar-refractivity contribution is 0.0764. The standard InChI is InChI=1S/C14H14N2O4/c1-7-9(4-5-20-7)12(17)8-2-3-10-11(6-8)16-14(19)13(18)15-10/h2-3,6-7,9H,4-5H2,1H3,(H,15,18)(H,16,19). The number of hydrogen-bond donors (Lipinski definition) is 2. The molecule has 104 valence electrons. The van der Waals surface area contributed by atoms with Crippen molar-refractivity contribution in [3.05, 3.63) is 44.5 Å². The van der Waals surface area contributed by atoms with Crippen LogP contribution in [0.5, 0.6) is 0 Å². The highest BCUT2D eigenvalue weighted by Crippen LogP contribution is 2.25. The smallest absolute Gasteiger partial charge is 0.314 e. The Morgan fingerprint density at radius 3 is 2.55 bits per heavy atom. The number of ketones is 1. The lowest BCUT2D eigenvalue weighted by Crippen LogP contribution is -2.29. The van der Waals surface area contributed by atoms with Crippen LogP contribution in [0, 0.1) is 5.92 Å². The summed E-state index contributed by atoms with van der Waals surface area (Å²) < 4.78 is 5.40. The van der Waals surface area contributed by atoms with Gasteiger partial charge in [-0.1, -0.05) is 0 Å². The highest BCUT2D eigenvalue weighted by Gasteiger charge is 2.31. The maximum Gasteiger partial charge on any atom is 0.314 e. The Hall–Kier alpha value is -2.21. The molecule has 1 aromatic carbocycles. The van der Waals surface area contributed by atoms with E-state index in [9.17, 15) is 14.4 Å². The maximum atomic E-state index is 12.4. The topological polar surface area (TPSA) is 92.0 Å². The molecule has 6 nitrogen and oxygen atoms in total. The normalized spacial score (nSPS) is 22.2. The molecule has 3 rings (SSSR count). The molecule has 0 amide bonds. The molecule has 0 saturated carbocycles. The van der Waals surface area contributed by atoms with Crippen LogP contribution in [0.15, 0.2) is 27.8 Å². The van der Waals surface area contributed by atoms with E-state index in [-0.39, 0.29) is 17.8 Å². The second-order valence-electron chi connectivity index (χ2n) is 5.00.